The third-order valence-corrected chi connectivity index (χ3v) is 10.5. The molecule has 0 radical (unpaired) electrons. The predicted molar refractivity (Wildman–Crippen MR) is 207 cm³/mol. The van der Waals surface area contributed by atoms with Crippen molar-refractivity contribution in [3.63, 3.8) is 0 Å². The molecule has 0 spiro atoms. The van der Waals surface area contributed by atoms with Crippen molar-refractivity contribution in [2.24, 2.45) is 0 Å². The average molecular weight is 658 g/mol. The van der Waals surface area contributed by atoms with Gasteiger partial charge in [-0.05, 0) is 64.7 Å². The van der Waals surface area contributed by atoms with Crippen LogP contribution < -0.4 is 0 Å². The molecule has 3 heterocycles. The number of furan rings is 1. The number of fused-ring (bicyclic) bond motifs is 6. The summed E-state index contributed by atoms with van der Waals surface area (Å²) in [7, 11) is 0. The number of rotatable bonds is 5. The first kappa shape index (κ1) is 28.6. The third kappa shape index (κ3) is 4.87. The summed E-state index contributed by atoms with van der Waals surface area (Å²) in [6.45, 7) is 0. The van der Waals surface area contributed by atoms with E-state index < -0.39 is 0 Å². The van der Waals surface area contributed by atoms with Gasteiger partial charge in [-0.25, -0.2) is 15.0 Å². The Hall–Kier alpha value is -6.43. The van der Waals surface area contributed by atoms with E-state index in [1.54, 1.807) is 0 Å². The lowest BCUT2D eigenvalue weighted by Gasteiger charge is -2.09. The van der Waals surface area contributed by atoms with Gasteiger partial charge < -0.3 is 4.42 Å². The highest BCUT2D eigenvalue weighted by Crippen LogP contribution is 2.40. The summed E-state index contributed by atoms with van der Waals surface area (Å²) in [5.41, 5.74) is 9.13. The third-order valence-electron chi connectivity index (χ3n) is 9.35. The smallest absolute Gasteiger partial charge is 0.164 e. The van der Waals surface area contributed by atoms with Crippen LogP contribution in [0.25, 0.3) is 98.5 Å². The highest BCUT2D eigenvalue weighted by molar-refractivity contribution is 7.25. The van der Waals surface area contributed by atoms with Gasteiger partial charge in [0, 0.05) is 47.6 Å². The van der Waals surface area contributed by atoms with E-state index in [0.717, 1.165) is 49.8 Å². The molecule has 50 heavy (non-hydrogen) atoms. The van der Waals surface area contributed by atoms with Gasteiger partial charge in [0.2, 0.25) is 0 Å². The molecule has 0 atom stereocenters. The molecule has 0 saturated heterocycles. The van der Waals surface area contributed by atoms with Gasteiger partial charge in [-0.1, -0.05) is 121 Å². The van der Waals surface area contributed by atoms with Crippen molar-refractivity contribution < 1.29 is 4.42 Å². The minimum Gasteiger partial charge on any atom is -0.456 e. The standard InChI is InChI=1S/C45H27N3OS/c1-4-11-28(12-5-1)31-20-23-38-37(25-31)42-35(17-10-18-39(42)49-38)45-47-43(30-15-8-3-9-16-30)46-44(48-45)33-21-24-40-36(26-33)34-22-19-32(27-41(34)50-40)29-13-6-2-7-14-29/h1-27H. The maximum atomic E-state index is 6.38. The summed E-state index contributed by atoms with van der Waals surface area (Å²) < 4.78 is 8.87. The second-order valence-corrected chi connectivity index (χ2v) is 13.5. The minimum atomic E-state index is 0.607. The zero-order valence-electron chi connectivity index (χ0n) is 26.7. The zero-order valence-corrected chi connectivity index (χ0v) is 27.6. The van der Waals surface area contributed by atoms with Crippen molar-refractivity contribution in [2.45, 2.75) is 0 Å². The van der Waals surface area contributed by atoms with E-state index >= 15 is 0 Å². The van der Waals surface area contributed by atoms with E-state index in [1.807, 2.05) is 59.9 Å². The number of thiophene rings is 1. The normalized spacial score (nSPS) is 11.6. The summed E-state index contributed by atoms with van der Waals surface area (Å²) in [5.74, 6) is 1.86. The molecule has 0 amide bonds. The fourth-order valence-corrected chi connectivity index (χ4v) is 8.02. The fraction of sp³-hybridized carbons (Fsp3) is 0. The Balaban J connectivity index is 1.16. The quantitative estimate of drug-likeness (QED) is 0.185. The van der Waals surface area contributed by atoms with Gasteiger partial charge >= 0.3 is 0 Å². The fourth-order valence-electron chi connectivity index (χ4n) is 6.89. The lowest BCUT2D eigenvalue weighted by molar-refractivity contribution is 0.669. The summed E-state index contributed by atoms with van der Waals surface area (Å²) in [6.07, 6.45) is 0. The number of aromatic nitrogens is 3. The molecule has 3 aromatic heterocycles. The Kier molecular flexibility index (Phi) is 6.64. The molecule has 234 valence electrons. The molecule has 0 N–H and O–H groups in total. The lowest BCUT2D eigenvalue weighted by Crippen LogP contribution is -2.00. The second-order valence-electron chi connectivity index (χ2n) is 12.4. The van der Waals surface area contributed by atoms with Crippen molar-refractivity contribution in [3.8, 4) is 56.4 Å². The zero-order chi connectivity index (χ0) is 33.0. The van der Waals surface area contributed by atoms with E-state index in [9.17, 15) is 0 Å². The molecule has 0 aliphatic heterocycles. The first-order valence-electron chi connectivity index (χ1n) is 16.6. The van der Waals surface area contributed by atoms with Crippen molar-refractivity contribution in [3.05, 3.63) is 164 Å². The van der Waals surface area contributed by atoms with E-state index in [-0.39, 0.29) is 0 Å². The van der Waals surface area contributed by atoms with Gasteiger partial charge in [0.05, 0.1) is 0 Å². The summed E-state index contributed by atoms with van der Waals surface area (Å²) in [5, 5.41) is 4.45. The van der Waals surface area contributed by atoms with Crippen molar-refractivity contribution in [2.75, 3.05) is 0 Å². The number of benzene rings is 7. The first-order valence-corrected chi connectivity index (χ1v) is 17.4. The number of nitrogens with zero attached hydrogens (tertiary/aromatic N) is 3. The molecule has 0 unspecified atom stereocenters. The Morgan fingerprint density at radius 2 is 0.960 bits per heavy atom. The van der Waals surface area contributed by atoms with Gasteiger partial charge in [0.15, 0.2) is 17.5 Å². The SMILES string of the molecule is c1ccc(-c2ccc3c(c2)sc2ccc(-c4nc(-c5ccccc5)nc(-c5cccc6oc7ccc(-c8ccccc8)cc7c56)n4)cc23)cc1. The Labute approximate surface area is 292 Å². The van der Waals surface area contributed by atoms with Gasteiger partial charge in [-0.15, -0.1) is 11.3 Å². The molecule has 5 heteroatoms. The van der Waals surface area contributed by atoms with Crippen LogP contribution in [-0.4, -0.2) is 15.0 Å². The number of hydrogen-bond acceptors (Lipinski definition) is 5. The molecule has 10 rings (SSSR count). The van der Waals surface area contributed by atoms with Gasteiger partial charge in [-0.3, -0.25) is 0 Å². The average Bonchev–Trinajstić information content (AvgIpc) is 3.76. The van der Waals surface area contributed by atoms with Gasteiger partial charge in [-0.2, -0.15) is 0 Å². The Morgan fingerprint density at radius 1 is 0.360 bits per heavy atom. The molecule has 0 bridgehead atoms. The Morgan fingerprint density at radius 3 is 1.70 bits per heavy atom. The van der Waals surface area contributed by atoms with E-state index in [1.165, 1.54) is 31.3 Å². The monoisotopic (exact) mass is 657 g/mol. The van der Waals surface area contributed by atoms with Gasteiger partial charge in [0.25, 0.3) is 0 Å². The molecule has 7 aromatic carbocycles. The minimum absolute atomic E-state index is 0.607. The van der Waals surface area contributed by atoms with Crippen molar-refractivity contribution >= 4 is 53.4 Å². The first-order chi connectivity index (χ1) is 24.7. The topological polar surface area (TPSA) is 51.8 Å². The molecular weight excluding hydrogens is 631 g/mol. The predicted octanol–water partition coefficient (Wildman–Crippen LogP) is 12.5. The molecular formula is C45H27N3OS. The molecule has 10 aromatic rings. The maximum absolute atomic E-state index is 6.38. The van der Waals surface area contributed by atoms with Crippen LogP contribution in [0.3, 0.4) is 0 Å². The Bertz CT molecular complexity index is 2860. The molecule has 0 aliphatic rings. The lowest BCUT2D eigenvalue weighted by atomic mass is 10.0. The number of hydrogen-bond donors (Lipinski definition) is 0. The van der Waals surface area contributed by atoms with Crippen LogP contribution in [0.5, 0.6) is 0 Å². The van der Waals surface area contributed by atoms with Crippen molar-refractivity contribution in [1.82, 2.24) is 15.0 Å². The van der Waals surface area contributed by atoms with Crippen LogP contribution in [0.1, 0.15) is 0 Å². The largest absolute Gasteiger partial charge is 0.456 e. The van der Waals surface area contributed by atoms with Crippen LogP contribution in [-0.2, 0) is 0 Å². The van der Waals surface area contributed by atoms with Crippen LogP contribution in [0.4, 0.5) is 0 Å². The van der Waals surface area contributed by atoms with Crippen LogP contribution in [0, 0.1) is 0 Å². The van der Waals surface area contributed by atoms with E-state index in [0.29, 0.717) is 17.5 Å². The van der Waals surface area contributed by atoms with Gasteiger partial charge in [0.1, 0.15) is 11.2 Å². The summed E-state index contributed by atoms with van der Waals surface area (Å²) in [4.78, 5) is 15.3. The molecule has 0 fully saturated rings. The summed E-state index contributed by atoms with van der Waals surface area (Å²) in [6, 6.07) is 56.9. The highest BCUT2D eigenvalue weighted by Gasteiger charge is 2.19. The van der Waals surface area contributed by atoms with E-state index in [4.69, 9.17) is 19.4 Å². The van der Waals surface area contributed by atoms with E-state index in [2.05, 4.69) is 115 Å². The molecule has 4 nitrogen and oxygen atoms in total. The molecule has 0 saturated carbocycles. The van der Waals surface area contributed by atoms with Crippen molar-refractivity contribution in [1.29, 1.82) is 0 Å². The highest BCUT2D eigenvalue weighted by atomic mass is 32.1. The summed E-state index contributed by atoms with van der Waals surface area (Å²) >= 11 is 1.81. The second kappa shape index (κ2) is 11.6. The van der Waals surface area contributed by atoms with Crippen LogP contribution in [0.2, 0.25) is 0 Å². The maximum Gasteiger partial charge on any atom is 0.164 e. The van der Waals surface area contributed by atoms with Crippen LogP contribution in [0.15, 0.2) is 168 Å². The van der Waals surface area contributed by atoms with Crippen LogP contribution >= 0.6 is 11.3 Å². The molecule has 0 aliphatic carbocycles.